The first-order valence-electron chi connectivity index (χ1n) is 12.0. The summed E-state index contributed by atoms with van der Waals surface area (Å²) in [5, 5.41) is 9.23. The maximum Gasteiger partial charge on any atom is 0.339 e. The lowest BCUT2D eigenvalue weighted by molar-refractivity contribution is 0.0693. The number of hydrogen-bond donors (Lipinski definition) is 1. The number of benzene rings is 1. The number of rotatable bonds is 19. The van der Waals surface area contributed by atoms with Gasteiger partial charge in [0, 0.05) is 12.0 Å². The molecular formula is C26H42O4. The number of ketones is 1. The fraction of sp³-hybridized carbons (Fsp3) is 0.692. The third kappa shape index (κ3) is 11.4. The number of Topliss-reactive ketones (excluding diaryl/α,β-unsaturated/α-hetero) is 1. The summed E-state index contributed by atoms with van der Waals surface area (Å²) in [6, 6.07) is 4.64. The molecule has 0 aliphatic rings. The minimum absolute atomic E-state index is 0.00912. The summed E-state index contributed by atoms with van der Waals surface area (Å²) in [7, 11) is 1.43. The number of carbonyl (C=O) groups excluding carboxylic acids is 1. The summed E-state index contributed by atoms with van der Waals surface area (Å²) in [4.78, 5) is 23.6. The predicted octanol–water partition coefficient (Wildman–Crippen LogP) is 7.84. The van der Waals surface area contributed by atoms with Crippen LogP contribution in [-0.2, 0) is 0 Å². The Balaban J connectivity index is 2.02. The monoisotopic (exact) mass is 418 g/mol. The van der Waals surface area contributed by atoms with Crippen molar-refractivity contribution in [3.8, 4) is 5.75 Å². The smallest absolute Gasteiger partial charge is 0.339 e. The van der Waals surface area contributed by atoms with Gasteiger partial charge in [0.2, 0.25) is 0 Å². The lowest BCUT2D eigenvalue weighted by Gasteiger charge is -2.07. The standard InChI is InChI=1S/C26H42O4/c1-3-4-5-6-7-8-9-10-11-12-13-14-15-16-17-18-24(27)22-19-20-25(30-2)23(21-22)26(28)29/h19-21H,3-18H2,1-2H3,(H,28,29). The zero-order chi connectivity index (χ0) is 22.0. The van der Waals surface area contributed by atoms with E-state index in [4.69, 9.17) is 4.74 Å². The highest BCUT2D eigenvalue weighted by atomic mass is 16.5. The molecule has 0 fully saturated rings. The molecule has 0 aliphatic heterocycles. The van der Waals surface area contributed by atoms with Gasteiger partial charge in [-0.05, 0) is 24.6 Å². The lowest BCUT2D eigenvalue weighted by atomic mass is 10.0. The summed E-state index contributed by atoms with van der Waals surface area (Å²) in [6.45, 7) is 2.26. The SMILES string of the molecule is CCCCCCCCCCCCCCCCCC(=O)c1ccc(OC)c(C(=O)O)c1. The van der Waals surface area contributed by atoms with Crippen molar-refractivity contribution in [2.45, 2.75) is 110 Å². The summed E-state index contributed by atoms with van der Waals surface area (Å²) >= 11 is 0. The molecule has 0 unspecified atom stereocenters. The van der Waals surface area contributed by atoms with E-state index in [2.05, 4.69) is 6.92 Å². The molecule has 0 heterocycles. The van der Waals surface area contributed by atoms with E-state index in [9.17, 15) is 14.7 Å². The quantitative estimate of drug-likeness (QED) is 0.184. The third-order valence-electron chi connectivity index (χ3n) is 5.76. The number of methoxy groups -OCH3 is 1. The third-order valence-corrected chi connectivity index (χ3v) is 5.76. The molecule has 4 heteroatoms. The molecule has 170 valence electrons. The largest absolute Gasteiger partial charge is 0.496 e. The minimum Gasteiger partial charge on any atom is -0.496 e. The van der Waals surface area contributed by atoms with Crippen LogP contribution in [0.25, 0.3) is 0 Å². The number of unbranched alkanes of at least 4 members (excludes halogenated alkanes) is 14. The van der Waals surface area contributed by atoms with Crippen molar-refractivity contribution in [2.24, 2.45) is 0 Å². The molecule has 1 aromatic rings. The highest BCUT2D eigenvalue weighted by Crippen LogP contribution is 2.21. The van der Waals surface area contributed by atoms with Crippen molar-refractivity contribution in [1.29, 1.82) is 0 Å². The predicted molar refractivity (Wildman–Crippen MR) is 124 cm³/mol. The zero-order valence-electron chi connectivity index (χ0n) is 19.2. The van der Waals surface area contributed by atoms with Crippen LogP contribution in [0.15, 0.2) is 18.2 Å². The second-order valence-electron chi connectivity index (χ2n) is 8.34. The molecule has 0 radical (unpaired) electrons. The average molecular weight is 419 g/mol. The molecule has 30 heavy (non-hydrogen) atoms. The summed E-state index contributed by atoms with van der Waals surface area (Å²) in [5.41, 5.74) is 0.499. The topological polar surface area (TPSA) is 63.6 Å². The molecule has 0 atom stereocenters. The molecular weight excluding hydrogens is 376 g/mol. The molecule has 0 saturated heterocycles. The van der Waals surface area contributed by atoms with Gasteiger partial charge in [0.05, 0.1) is 7.11 Å². The van der Waals surface area contributed by atoms with Crippen LogP contribution in [-0.4, -0.2) is 24.0 Å². The van der Waals surface area contributed by atoms with Gasteiger partial charge < -0.3 is 9.84 Å². The normalized spacial score (nSPS) is 10.9. The number of carboxylic acids is 1. The van der Waals surface area contributed by atoms with E-state index in [0.717, 1.165) is 12.8 Å². The molecule has 0 saturated carbocycles. The minimum atomic E-state index is -1.08. The van der Waals surface area contributed by atoms with Gasteiger partial charge >= 0.3 is 5.97 Å². The van der Waals surface area contributed by atoms with E-state index in [1.165, 1.54) is 96.6 Å². The molecule has 4 nitrogen and oxygen atoms in total. The molecule has 1 rings (SSSR count). The Morgan fingerprint density at radius 1 is 0.767 bits per heavy atom. The molecule has 1 N–H and O–H groups in total. The van der Waals surface area contributed by atoms with Gasteiger partial charge in [0.1, 0.15) is 11.3 Å². The van der Waals surface area contributed by atoms with Gasteiger partial charge in [0.25, 0.3) is 0 Å². The molecule has 0 spiro atoms. The van der Waals surface area contributed by atoms with Gasteiger partial charge in [-0.2, -0.15) is 0 Å². The molecule has 0 amide bonds. The fourth-order valence-corrected chi connectivity index (χ4v) is 3.85. The Labute approximate surface area is 183 Å². The summed E-state index contributed by atoms with van der Waals surface area (Å²) < 4.78 is 5.04. The van der Waals surface area contributed by atoms with Gasteiger partial charge in [-0.1, -0.05) is 96.8 Å². The van der Waals surface area contributed by atoms with Crippen LogP contribution in [0.2, 0.25) is 0 Å². The van der Waals surface area contributed by atoms with Crippen molar-refractivity contribution in [3.05, 3.63) is 29.3 Å². The van der Waals surface area contributed by atoms with Gasteiger partial charge in [-0.25, -0.2) is 4.79 Å². The Hall–Kier alpha value is -1.84. The lowest BCUT2D eigenvalue weighted by Crippen LogP contribution is -2.05. The number of aromatic carboxylic acids is 1. The van der Waals surface area contributed by atoms with Gasteiger partial charge in [0.15, 0.2) is 5.78 Å². The van der Waals surface area contributed by atoms with Crippen LogP contribution in [0.1, 0.15) is 130 Å². The highest BCUT2D eigenvalue weighted by Gasteiger charge is 2.14. The number of carboxylic acid groups (broad SMARTS) is 1. The van der Waals surface area contributed by atoms with E-state index in [-0.39, 0.29) is 17.1 Å². The van der Waals surface area contributed by atoms with E-state index >= 15 is 0 Å². The summed E-state index contributed by atoms with van der Waals surface area (Å²) in [6.07, 6.45) is 19.9. The van der Waals surface area contributed by atoms with E-state index < -0.39 is 5.97 Å². The van der Waals surface area contributed by atoms with Crippen molar-refractivity contribution in [2.75, 3.05) is 7.11 Å². The van der Waals surface area contributed by atoms with Crippen molar-refractivity contribution in [3.63, 3.8) is 0 Å². The zero-order valence-corrected chi connectivity index (χ0v) is 19.2. The Bertz CT molecular complexity index is 609. The van der Waals surface area contributed by atoms with E-state index in [1.54, 1.807) is 12.1 Å². The summed E-state index contributed by atoms with van der Waals surface area (Å²) in [5.74, 6) is -0.783. The molecule has 0 aromatic heterocycles. The first-order chi connectivity index (χ1) is 14.6. The van der Waals surface area contributed by atoms with Gasteiger partial charge in [-0.15, -0.1) is 0 Å². The number of hydrogen-bond acceptors (Lipinski definition) is 3. The van der Waals surface area contributed by atoms with Crippen molar-refractivity contribution in [1.82, 2.24) is 0 Å². The van der Waals surface area contributed by atoms with Crippen LogP contribution in [0, 0.1) is 0 Å². The first-order valence-corrected chi connectivity index (χ1v) is 12.0. The van der Waals surface area contributed by atoms with E-state index in [0.29, 0.717) is 12.0 Å². The van der Waals surface area contributed by atoms with Crippen LogP contribution in [0.4, 0.5) is 0 Å². The maximum atomic E-state index is 12.3. The van der Waals surface area contributed by atoms with Crippen LogP contribution < -0.4 is 4.74 Å². The fourth-order valence-electron chi connectivity index (χ4n) is 3.85. The molecule has 0 aliphatic carbocycles. The van der Waals surface area contributed by atoms with Crippen LogP contribution >= 0.6 is 0 Å². The van der Waals surface area contributed by atoms with Crippen LogP contribution in [0.5, 0.6) is 5.75 Å². The molecule has 0 bridgehead atoms. The average Bonchev–Trinajstić information content (AvgIpc) is 2.75. The van der Waals surface area contributed by atoms with E-state index in [1.807, 2.05) is 0 Å². The van der Waals surface area contributed by atoms with Crippen molar-refractivity contribution >= 4 is 11.8 Å². The second kappa shape index (κ2) is 16.9. The molecule has 1 aromatic carbocycles. The number of ether oxygens (including phenoxy) is 1. The van der Waals surface area contributed by atoms with Crippen LogP contribution in [0.3, 0.4) is 0 Å². The highest BCUT2D eigenvalue weighted by molar-refractivity contribution is 6.00. The Kier molecular flexibility index (Phi) is 14.8. The number of carbonyl (C=O) groups is 2. The maximum absolute atomic E-state index is 12.3. The van der Waals surface area contributed by atoms with Crippen molar-refractivity contribution < 1.29 is 19.4 Å². The second-order valence-corrected chi connectivity index (χ2v) is 8.34. The van der Waals surface area contributed by atoms with Gasteiger partial charge in [-0.3, -0.25) is 4.79 Å². The Morgan fingerprint density at radius 3 is 1.67 bits per heavy atom. The first kappa shape index (κ1) is 26.2. The Morgan fingerprint density at radius 2 is 1.23 bits per heavy atom.